The Bertz CT molecular complexity index is 1260. The van der Waals surface area contributed by atoms with Crippen molar-refractivity contribution in [2.75, 3.05) is 23.3 Å². The van der Waals surface area contributed by atoms with Gasteiger partial charge in [-0.15, -0.1) is 0 Å². The zero-order valence-electron chi connectivity index (χ0n) is 19.1. The molecule has 0 aliphatic carbocycles. The molecule has 3 aromatic rings. The number of carbonyl (C=O) groups is 1. The first-order valence-corrected chi connectivity index (χ1v) is 11.8. The minimum Gasteiger partial charge on any atom is -0.440 e. The molecule has 10 heteroatoms. The van der Waals surface area contributed by atoms with Gasteiger partial charge in [-0.2, -0.15) is 0 Å². The van der Waals surface area contributed by atoms with Gasteiger partial charge in [0.25, 0.3) is 5.92 Å². The van der Waals surface area contributed by atoms with Crippen LogP contribution < -0.4 is 15.6 Å². The average molecular weight is 557 g/mol. The van der Waals surface area contributed by atoms with Gasteiger partial charge >= 0.3 is 0 Å². The van der Waals surface area contributed by atoms with E-state index in [2.05, 4.69) is 26.2 Å². The number of aryl methyl sites for hydroxylation is 1. The molecule has 1 aliphatic heterocycles. The minimum absolute atomic E-state index is 0.140. The van der Waals surface area contributed by atoms with E-state index >= 15 is 0 Å². The molecule has 4 rings (SSSR count). The highest BCUT2D eigenvalue weighted by molar-refractivity contribution is 9.10. The monoisotopic (exact) mass is 555 g/mol. The van der Waals surface area contributed by atoms with Gasteiger partial charge in [-0.05, 0) is 60.5 Å². The van der Waals surface area contributed by atoms with Crippen molar-refractivity contribution in [2.24, 2.45) is 0 Å². The number of rotatable bonds is 4. The Hall–Kier alpha value is -2.52. The topological polar surface area (TPSA) is 75.4 Å². The van der Waals surface area contributed by atoms with Crippen molar-refractivity contribution in [3.8, 4) is 0 Å². The van der Waals surface area contributed by atoms with Crippen LogP contribution in [0.15, 0.2) is 38.1 Å². The summed E-state index contributed by atoms with van der Waals surface area (Å²) in [5, 5.41) is 4.22. The number of pyridine rings is 1. The van der Waals surface area contributed by atoms with Crippen LogP contribution in [0.1, 0.15) is 42.5 Å². The molecule has 0 spiro atoms. The first kappa shape index (κ1) is 26.1. The number of piperidine rings is 1. The molecule has 182 valence electrons. The molecule has 1 fully saturated rings. The lowest BCUT2D eigenvalue weighted by Gasteiger charge is -2.33. The number of nitrogens with one attached hydrogen (secondary N) is 1. The van der Waals surface area contributed by atoms with Crippen molar-refractivity contribution in [2.45, 2.75) is 45.6 Å². The van der Waals surface area contributed by atoms with Crippen LogP contribution in [0.5, 0.6) is 0 Å². The van der Waals surface area contributed by atoms with Crippen LogP contribution in [0, 0.1) is 13.8 Å². The Labute approximate surface area is 209 Å². The van der Waals surface area contributed by atoms with E-state index in [1.807, 2.05) is 32.8 Å². The Balaban J connectivity index is 0.00000158. The number of nitrogens with zero attached hydrogens (tertiary/aromatic N) is 2. The van der Waals surface area contributed by atoms with Crippen molar-refractivity contribution in [1.29, 1.82) is 0 Å². The smallest absolute Gasteiger partial charge is 0.251 e. The Morgan fingerprint density at radius 1 is 1.24 bits per heavy atom. The van der Waals surface area contributed by atoms with Gasteiger partial charge < -0.3 is 19.4 Å². The molecule has 1 atom stereocenters. The third-order valence-electron chi connectivity index (χ3n) is 5.80. The second-order valence-corrected chi connectivity index (χ2v) is 9.41. The van der Waals surface area contributed by atoms with E-state index in [-0.39, 0.29) is 37.4 Å². The minimum atomic E-state index is -2.68. The number of hydrogen-bond acceptors (Lipinski definition) is 6. The average Bonchev–Trinajstić information content (AvgIpc) is 2.79. The number of carbonyl (C=O) groups excluding carboxylic acids is 1. The van der Waals surface area contributed by atoms with Gasteiger partial charge in [0.2, 0.25) is 5.88 Å². The standard InChI is InChI=1S/C23H23BrClF2N3O2.CH2O/c1-12-10-15(14(3)28-17-4-5-18(25)29-21(17)24)20-16(11-12)19(31)13(2)22(32-20)30-8-6-23(26,27)7-9-30;1-2/h4-5,10-11,14,28H,6-9H2,1-3H3;1H2. The zero-order chi connectivity index (χ0) is 25.2. The van der Waals surface area contributed by atoms with Crippen LogP contribution in [0.4, 0.5) is 20.4 Å². The predicted molar refractivity (Wildman–Crippen MR) is 134 cm³/mol. The molecule has 6 nitrogen and oxygen atoms in total. The predicted octanol–water partition coefficient (Wildman–Crippen LogP) is 6.44. The largest absolute Gasteiger partial charge is 0.440 e. The van der Waals surface area contributed by atoms with E-state index in [1.54, 1.807) is 24.0 Å². The number of benzene rings is 1. The Morgan fingerprint density at radius 2 is 1.88 bits per heavy atom. The van der Waals surface area contributed by atoms with E-state index in [1.165, 1.54) is 0 Å². The first-order chi connectivity index (χ1) is 16.1. The number of hydrogen-bond donors (Lipinski definition) is 1. The van der Waals surface area contributed by atoms with Gasteiger partial charge in [0.05, 0.1) is 22.7 Å². The second kappa shape index (κ2) is 10.4. The summed E-state index contributed by atoms with van der Waals surface area (Å²) in [6, 6.07) is 7.03. The second-order valence-electron chi connectivity index (χ2n) is 8.27. The Morgan fingerprint density at radius 3 is 2.50 bits per heavy atom. The fourth-order valence-electron chi connectivity index (χ4n) is 4.05. The van der Waals surface area contributed by atoms with Crippen LogP contribution in [-0.4, -0.2) is 30.8 Å². The van der Waals surface area contributed by atoms with Gasteiger partial charge in [0, 0.05) is 31.5 Å². The third kappa shape index (κ3) is 5.41. The molecule has 1 aliphatic rings. The normalized spacial score (nSPS) is 16.0. The number of fused-ring (bicyclic) bond motifs is 1. The van der Waals surface area contributed by atoms with Gasteiger partial charge in [-0.3, -0.25) is 4.79 Å². The molecule has 0 saturated carbocycles. The quantitative estimate of drug-likeness (QED) is 0.373. The van der Waals surface area contributed by atoms with E-state index in [0.29, 0.717) is 32.2 Å². The van der Waals surface area contributed by atoms with Crippen molar-refractivity contribution < 1.29 is 18.0 Å². The molecule has 0 bridgehead atoms. The zero-order valence-corrected chi connectivity index (χ0v) is 21.4. The van der Waals surface area contributed by atoms with Crippen molar-refractivity contribution in [3.05, 3.63) is 60.9 Å². The highest BCUT2D eigenvalue weighted by atomic mass is 79.9. The molecule has 1 unspecified atom stereocenters. The van der Waals surface area contributed by atoms with E-state index < -0.39 is 5.92 Å². The molecule has 2 aromatic heterocycles. The van der Waals surface area contributed by atoms with Gasteiger partial charge in [-0.1, -0.05) is 17.7 Å². The third-order valence-corrected chi connectivity index (χ3v) is 6.62. The molecule has 0 amide bonds. The molecular formula is C24H25BrClF2N3O3. The number of anilines is 2. The molecule has 0 radical (unpaired) electrons. The maximum absolute atomic E-state index is 13.7. The molecule has 1 aromatic carbocycles. The Kier molecular flexibility index (Phi) is 7.98. The summed E-state index contributed by atoms with van der Waals surface area (Å²) in [7, 11) is 0. The number of aromatic nitrogens is 1. The number of alkyl halides is 2. The maximum Gasteiger partial charge on any atom is 0.251 e. The van der Waals surface area contributed by atoms with Crippen molar-refractivity contribution in [1.82, 2.24) is 4.98 Å². The fourth-order valence-corrected chi connectivity index (χ4v) is 4.73. The summed E-state index contributed by atoms with van der Waals surface area (Å²) in [4.78, 5) is 27.1. The number of halogens is 4. The SMILES string of the molecule is C=O.Cc1cc(C(C)Nc2ccc(Cl)nc2Br)c2oc(N3CCC(F)(F)CC3)c(C)c(=O)c2c1. The van der Waals surface area contributed by atoms with E-state index in [4.69, 9.17) is 20.8 Å². The first-order valence-electron chi connectivity index (χ1n) is 10.6. The van der Waals surface area contributed by atoms with E-state index in [9.17, 15) is 13.6 Å². The summed E-state index contributed by atoms with van der Waals surface area (Å²) in [6.07, 6.45) is -0.519. The summed E-state index contributed by atoms with van der Waals surface area (Å²) in [5.41, 5.74) is 3.20. The summed E-state index contributed by atoms with van der Waals surface area (Å²) < 4.78 is 34.2. The lowest BCUT2D eigenvalue weighted by molar-refractivity contribution is -0.0980. The molecule has 1 N–H and O–H groups in total. The highest BCUT2D eigenvalue weighted by Gasteiger charge is 2.35. The van der Waals surface area contributed by atoms with Crippen LogP contribution in [-0.2, 0) is 4.79 Å². The summed E-state index contributed by atoms with van der Waals surface area (Å²) >= 11 is 9.35. The van der Waals surface area contributed by atoms with Gasteiger partial charge in [0.1, 0.15) is 22.1 Å². The van der Waals surface area contributed by atoms with E-state index in [0.717, 1.165) is 16.8 Å². The molecule has 1 saturated heterocycles. The lowest BCUT2D eigenvalue weighted by Crippen LogP contribution is -2.40. The molecule has 3 heterocycles. The summed E-state index contributed by atoms with van der Waals surface area (Å²) in [6.45, 7) is 7.84. The van der Waals surface area contributed by atoms with Crippen LogP contribution in [0.25, 0.3) is 11.0 Å². The van der Waals surface area contributed by atoms with Gasteiger partial charge in [0.15, 0.2) is 5.43 Å². The fraction of sp³-hybridized carbons (Fsp3) is 0.375. The molecule has 34 heavy (non-hydrogen) atoms. The van der Waals surface area contributed by atoms with Gasteiger partial charge in [-0.25, -0.2) is 13.8 Å². The summed E-state index contributed by atoms with van der Waals surface area (Å²) in [5.74, 6) is -2.31. The maximum atomic E-state index is 13.7. The van der Waals surface area contributed by atoms with Crippen LogP contribution in [0.2, 0.25) is 5.15 Å². The highest BCUT2D eigenvalue weighted by Crippen LogP contribution is 2.35. The van der Waals surface area contributed by atoms with Crippen molar-refractivity contribution >= 4 is 56.9 Å². The van der Waals surface area contributed by atoms with Crippen LogP contribution >= 0.6 is 27.5 Å². The van der Waals surface area contributed by atoms with Crippen molar-refractivity contribution in [3.63, 3.8) is 0 Å². The lowest BCUT2D eigenvalue weighted by atomic mass is 10.00. The van der Waals surface area contributed by atoms with Crippen LogP contribution in [0.3, 0.4) is 0 Å². The molecular weight excluding hydrogens is 532 g/mol.